The summed E-state index contributed by atoms with van der Waals surface area (Å²) in [5, 5.41) is 6.32. The van der Waals surface area contributed by atoms with Gasteiger partial charge < -0.3 is 20.9 Å². The lowest BCUT2D eigenvalue weighted by molar-refractivity contribution is -0.137. The Morgan fingerprint density at radius 1 is 1.19 bits per heavy atom. The summed E-state index contributed by atoms with van der Waals surface area (Å²) in [6.07, 6.45) is -1.30. The van der Waals surface area contributed by atoms with Gasteiger partial charge in [-0.3, -0.25) is 4.79 Å². The maximum absolute atomic E-state index is 12.7. The number of anilines is 3. The lowest BCUT2D eigenvalue weighted by Gasteiger charge is -2.11. The van der Waals surface area contributed by atoms with Crippen LogP contribution in [0.25, 0.3) is 11.0 Å². The van der Waals surface area contributed by atoms with Gasteiger partial charge in [-0.25, -0.2) is 15.0 Å². The third-order valence-corrected chi connectivity index (χ3v) is 5.89. The summed E-state index contributed by atoms with van der Waals surface area (Å²) in [6.45, 7) is 1.80. The number of aromatic nitrogens is 4. The van der Waals surface area contributed by atoms with Crippen molar-refractivity contribution in [2.24, 2.45) is 7.05 Å². The van der Waals surface area contributed by atoms with E-state index in [9.17, 15) is 18.0 Å². The molecule has 1 amide bonds. The highest BCUT2D eigenvalue weighted by atomic mass is 32.1. The van der Waals surface area contributed by atoms with Gasteiger partial charge in [-0.15, -0.1) is 0 Å². The summed E-state index contributed by atoms with van der Waals surface area (Å²) < 4.78 is 39.7. The number of nitrogens with one attached hydrogen (secondary N) is 2. The number of hydrogen-bond acceptors (Lipinski definition) is 7. The van der Waals surface area contributed by atoms with E-state index in [1.165, 1.54) is 29.7 Å². The van der Waals surface area contributed by atoms with E-state index in [-0.39, 0.29) is 17.6 Å². The van der Waals surface area contributed by atoms with Crippen LogP contribution in [0.1, 0.15) is 33.9 Å². The van der Waals surface area contributed by atoms with Gasteiger partial charge in [-0.2, -0.15) is 13.2 Å². The fraction of sp³-hybridized carbons (Fsp3) is 0.200. The molecule has 166 valence electrons. The molecule has 4 aromatic rings. The second-order valence-electron chi connectivity index (χ2n) is 7.05. The van der Waals surface area contributed by atoms with Crippen molar-refractivity contribution in [2.75, 3.05) is 11.1 Å². The van der Waals surface area contributed by atoms with Crippen LogP contribution in [-0.2, 0) is 13.2 Å². The van der Waals surface area contributed by atoms with Crippen LogP contribution < -0.4 is 16.4 Å². The molecule has 0 spiro atoms. The third kappa shape index (κ3) is 4.35. The van der Waals surface area contributed by atoms with Crippen LogP contribution in [0.15, 0.2) is 42.7 Å². The summed E-state index contributed by atoms with van der Waals surface area (Å²) >= 11 is 1.28. The Morgan fingerprint density at radius 2 is 1.91 bits per heavy atom. The Morgan fingerprint density at radius 3 is 2.59 bits per heavy atom. The van der Waals surface area contributed by atoms with Gasteiger partial charge >= 0.3 is 6.18 Å². The van der Waals surface area contributed by atoms with Crippen molar-refractivity contribution >= 4 is 45.0 Å². The van der Waals surface area contributed by atoms with Crippen LogP contribution in [0, 0.1) is 0 Å². The van der Waals surface area contributed by atoms with Gasteiger partial charge in [0.15, 0.2) is 5.13 Å². The second-order valence-corrected chi connectivity index (χ2v) is 8.11. The van der Waals surface area contributed by atoms with Crippen molar-refractivity contribution in [1.29, 1.82) is 0 Å². The first kappa shape index (κ1) is 21.6. The molecule has 3 heterocycles. The maximum atomic E-state index is 12.7. The van der Waals surface area contributed by atoms with Crippen LogP contribution in [-0.4, -0.2) is 25.4 Å². The number of benzene rings is 1. The fourth-order valence-electron chi connectivity index (χ4n) is 2.99. The number of carbonyl (C=O) groups is 1. The van der Waals surface area contributed by atoms with E-state index in [2.05, 4.69) is 25.6 Å². The van der Waals surface area contributed by atoms with Gasteiger partial charge in [0.2, 0.25) is 5.95 Å². The molecule has 8 nitrogen and oxygen atoms in total. The minimum Gasteiger partial charge on any atom is -0.369 e. The molecule has 4 N–H and O–H groups in total. The first-order valence-electron chi connectivity index (χ1n) is 9.40. The minimum atomic E-state index is -4.39. The summed E-state index contributed by atoms with van der Waals surface area (Å²) in [6, 6.07) is 5.92. The smallest absolute Gasteiger partial charge is 0.369 e. The van der Waals surface area contributed by atoms with Gasteiger partial charge in [0.05, 0.1) is 23.3 Å². The van der Waals surface area contributed by atoms with E-state index >= 15 is 0 Å². The molecule has 1 atom stereocenters. The van der Waals surface area contributed by atoms with E-state index in [1.807, 2.05) is 0 Å². The van der Waals surface area contributed by atoms with Crippen LogP contribution in [0.3, 0.4) is 0 Å². The predicted molar refractivity (Wildman–Crippen MR) is 116 cm³/mol. The number of halogens is 3. The number of thiazole rings is 1. The van der Waals surface area contributed by atoms with Crippen molar-refractivity contribution < 1.29 is 18.0 Å². The first-order valence-corrected chi connectivity index (χ1v) is 10.2. The van der Waals surface area contributed by atoms with E-state index < -0.39 is 11.7 Å². The van der Waals surface area contributed by atoms with Crippen LogP contribution in [0.2, 0.25) is 0 Å². The highest BCUT2D eigenvalue weighted by molar-refractivity contribution is 7.15. The number of nitrogen functional groups attached to an aromatic ring is 1. The Balaban J connectivity index is 1.43. The molecular formula is C20H18F3N7OS. The lowest BCUT2D eigenvalue weighted by atomic mass is 10.2. The molecule has 12 heteroatoms. The minimum absolute atomic E-state index is 0.222. The molecule has 1 aromatic carbocycles. The summed E-state index contributed by atoms with van der Waals surface area (Å²) in [5.41, 5.74) is 7.04. The Bertz CT molecular complexity index is 1280. The Labute approximate surface area is 184 Å². The number of nitrogens with zero attached hydrogens (tertiary/aromatic N) is 4. The number of imidazole rings is 1. The molecule has 0 aliphatic carbocycles. The highest BCUT2D eigenvalue weighted by Crippen LogP contribution is 2.31. The molecule has 0 fully saturated rings. The number of rotatable bonds is 5. The molecule has 0 saturated heterocycles. The maximum Gasteiger partial charge on any atom is 0.416 e. The third-order valence-electron chi connectivity index (χ3n) is 4.80. The standard InChI is InChI=1S/C20H18F3N7OS/c1-10(27-17(31)13-7-15-14(8-25-13)29-18(24)30(15)2)16-9-26-19(32-16)28-12-5-3-11(4-6-12)20(21,22)23/h3-10H,1-2H3,(H2,24,29)(H,26,28)(H,27,31). The van der Waals surface area contributed by atoms with E-state index in [1.54, 1.807) is 30.8 Å². The molecule has 0 bridgehead atoms. The Hall–Kier alpha value is -3.67. The van der Waals surface area contributed by atoms with E-state index in [0.29, 0.717) is 27.8 Å². The monoisotopic (exact) mass is 461 g/mol. The average molecular weight is 461 g/mol. The summed E-state index contributed by atoms with van der Waals surface area (Å²) in [5.74, 6) is -0.0460. The number of nitrogens with two attached hydrogens (primary N) is 1. The van der Waals surface area contributed by atoms with Crippen molar-refractivity contribution in [3.05, 3.63) is 58.9 Å². The van der Waals surface area contributed by atoms with Crippen LogP contribution in [0.4, 0.5) is 29.9 Å². The molecule has 0 saturated carbocycles. The molecule has 0 aliphatic heterocycles. The average Bonchev–Trinajstić information content (AvgIpc) is 3.32. The van der Waals surface area contributed by atoms with Gasteiger partial charge in [-0.1, -0.05) is 11.3 Å². The van der Waals surface area contributed by atoms with Crippen molar-refractivity contribution in [3.8, 4) is 0 Å². The molecule has 4 rings (SSSR count). The highest BCUT2D eigenvalue weighted by Gasteiger charge is 2.30. The van der Waals surface area contributed by atoms with Gasteiger partial charge in [0.1, 0.15) is 11.2 Å². The molecule has 3 aromatic heterocycles. The normalized spacial score (nSPS) is 12.7. The largest absolute Gasteiger partial charge is 0.416 e. The Kier molecular flexibility index (Phi) is 5.46. The van der Waals surface area contributed by atoms with Crippen LogP contribution in [0.5, 0.6) is 0 Å². The number of carbonyl (C=O) groups excluding carboxylic acids is 1. The zero-order valence-electron chi connectivity index (χ0n) is 16.9. The molecule has 32 heavy (non-hydrogen) atoms. The second kappa shape index (κ2) is 8.11. The fourth-order valence-corrected chi connectivity index (χ4v) is 3.83. The lowest BCUT2D eigenvalue weighted by Crippen LogP contribution is -2.26. The SMILES string of the molecule is CC(NC(=O)c1cc2c(cn1)nc(N)n2C)c1cnc(Nc2ccc(C(F)(F)F)cc2)s1. The number of fused-ring (bicyclic) bond motifs is 1. The molecular weight excluding hydrogens is 443 g/mol. The van der Waals surface area contributed by atoms with Crippen molar-refractivity contribution in [2.45, 2.75) is 19.1 Å². The van der Waals surface area contributed by atoms with Gasteiger partial charge in [0, 0.05) is 23.8 Å². The molecule has 0 radical (unpaired) electrons. The zero-order chi connectivity index (χ0) is 23.0. The van der Waals surface area contributed by atoms with Crippen molar-refractivity contribution in [1.82, 2.24) is 24.8 Å². The number of pyridine rings is 1. The summed E-state index contributed by atoms with van der Waals surface area (Å²) in [4.78, 5) is 25.9. The molecule has 0 aliphatic rings. The topological polar surface area (TPSA) is 111 Å². The van der Waals surface area contributed by atoms with Gasteiger partial charge in [-0.05, 0) is 37.3 Å². The van der Waals surface area contributed by atoms with Gasteiger partial charge in [0.25, 0.3) is 5.91 Å². The van der Waals surface area contributed by atoms with E-state index in [0.717, 1.165) is 17.0 Å². The number of aryl methyl sites for hydroxylation is 1. The zero-order valence-corrected chi connectivity index (χ0v) is 17.8. The molecule has 1 unspecified atom stereocenters. The predicted octanol–water partition coefficient (Wildman–Crippen LogP) is 4.26. The van der Waals surface area contributed by atoms with Crippen molar-refractivity contribution in [3.63, 3.8) is 0 Å². The quantitative estimate of drug-likeness (QED) is 0.410. The first-order chi connectivity index (χ1) is 15.1. The number of hydrogen-bond donors (Lipinski definition) is 3. The van der Waals surface area contributed by atoms with Crippen LogP contribution >= 0.6 is 11.3 Å². The summed E-state index contributed by atoms with van der Waals surface area (Å²) in [7, 11) is 1.75. The number of amides is 1. The van der Waals surface area contributed by atoms with E-state index in [4.69, 9.17) is 5.73 Å². The number of alkyl halides is 3.